The molecule has 3 aliphatic rings. The lowest BCUT2D eigenvalue weighted by molar-refractivity contribution is 0.0759. The van der Waals surface area contributed by atoms with Crippen LogP contribution in [0.25, 0.3) is 11.1 Å². The Kier molecular flexibility index (Phi) is 5.08. The zero-order valence-electron chi connectivity index (χ0n) is 17.2. The molecule has 2 amide bonds. The second kappa shape index (κ2) is 8.04. The van der Waals surface area contributed by atoms with Gasteiger partial charge in [0.15, 0.2) is 0 Å². The number of amides is 2. The first-order valence-electron chi connectivity index (χ1n) is 10.4. The first kappa shape index (κ1) is 19.6. The first-order valence-corrected chi connectivity index (χ1v) is 10.4. The molecule has 6 heteroatoms. The molecule has 0 saturated carbocycles. The van der Waals surface area contributed by atoms with Crippen molar-refractivity contribution in [3.63, 3.8) is 0 Å². The molecule has 3 aliphatic heterocycles. The monoisotopic (exact) mass is 417 g/mol. The second-order valence-electron chi connectivity index (χ2n) is 8.07. The summed E-state index contributed by atoms with van der Waals surface area (Å²) < 4.78 is 19.1. The highest BCUT2D eigenvalue weighted by Crippen LogP contribution is 2.37. The molecular weight excluding hydrogens is 393 g/mol. The molecule has 3 saturated heterocycles. The Morgan fingerprint density at radius 3 is 2.19 bits per heavy atom. The number of urea groups is 1. The Bertz CT molecular complexity index is 1070. The average molecular weight is 417 g/mol. The number of nitrogens with zero attached hydrogens (tertiary/aromatic N) is 1. The van der Waals surface area contributed by atoms with Gasteiger partial charge in [0.1, 0.15) is 11.6 Å². The molecule has 31 heavy (non-hydrogen) atoms. The van der Waals surface area contributed by atoms with Crippen LogP contribution >= 0.6 is 0 Å². The maximum atomic E-state index is 13.8. The smallest absolute Gasteiger partial charge is 0.322 e. The zero-order valence-corrected chi connectivity index (χ0v) is 17.2. The predicted molar refractivity (Wildman–Crippen MR) is 119 cm³/mol. The van der Waals surface area contributed by atoms with Gasteiger partial charge in [-0.1, -0.05) is 48.5 Å². The number of methoxy groups -OCH3 is 1. The second-order valence-corrected chi connectivity index (χ2v) is 8.07. The molecular formula is C25H24FN3O2. The Balaban J connectivity index is 1.23. The number of carbonyl (C=O) groups is 1. The largest absolute Gasteiger partial charge is 0.497 e. The van der Waals surface area contributed by atoms with Crippen molar-refractivity contribution in [2.45, 2.75) is 18.0 Å². The van der Waals surface area contributed by atoms with Gasteiger partial charge in [0.25, 0.3) is 0 Å². The highest BCUT2D eigenvalue weighted by Gasteiger charge is 2.48. The maximum Gasteiger partial charge on any atom is 0.322 e. The molecule has 3 atom stereocenters. The third-order valence-corrected chi connectivity index (χ3v) is 6.25. The van der Waals surface area contributed by atoms with Gasteiger partial charge in [0.05, 0.1) is 12.8 Å². The third-order valence-electron chi connectivity index (χ3n) is 6.25. The molecule has 2 N–H and O–H groups in total. The number of para-hydroxylation sites is 1. The Hall–Kier alpha value is -3.38. The SMILES string of the molecule is COc1ccc(-c2ccc(C3[C@@H]4CN(C(=O)Nc5ccccc5F)C[C@H]3N4)cc2)cc1. The fourth-order valence-corrected chi connectivity index (χ4v) is 4.59. The van der Waals surface area contributed by atoms with Crippen LogP contribution < -0.4 is 15.4 Å². The van der Waals surface area contributed by atoms with Crippen LogP contribution in [0.4, 0.5) is 14.9 Å². The summed E-state index contributed by atoms with van der Waals surface area (Å²) in [5.41, 5.74) is 3.80. The van der Waals surface area contributed by atoms with Crippen LogP contribution in [-0.4, -0.2) is 43.2 Å². The van der Waals surface area contributed by atoms with Crippen molar-refractivity contribution >= 4 is 11.7 Å². The molecule has 6 rings (SSSR count). The molecule has 3 aromatic carbocycles. The van der Waals surface area contributed by atoms with Crippen molar-refractivity contribution in [3.05, 3.63) is 84.2 Å². The molecule has 3 heterocycles. The van der Waals surface area contributed by atoms with Crippen LogP contribution in [0.5, 0.6) is 5.75 Å². The Morgan fingerprint density at radius 2 is 1.58 bits per heavy atom. The van der Waals surface area contributed by atoms with Gasteiger partial charge < -0.3 is 20.3 Å². The number of hydrogen-bond donors (Lipinski definition) is 2. The number of hydrogen-bond acceptors (Lipinski definition) is 3. The van der Waals surface area contributed by atoms with Crippen LogP contribution in [0, 0.1) is 5.82 Å². The lowest BCUT2D eigenvalue weighted by Gasteiger charge is -2.54. The standard InChI is InChI=1S/C25H24FN3O2/c1-31-19-12-10-17(11-13-19)16-6-8-18(9-7-16)24-22-14-29(15-23(24)27-22)25(30)28-21-5-3-2-4-20(21)26/h2-13,22-24,27H,14-15H2,1H3,(H,28,30)/t22-,23+,24?. The number of anilines is 1. The maximum absolute atomic E-state index is 13.8. The van der Waals surface area contributed by atoms with E-state index >= 15 is 0 Å². The molecule has 3 fully saturated rings. The van der Waals surface area contributed by atoms with Gasteiger partial charge in [-0.2, -0.15) is 0 Å². The van der Waals surface area contributed by atoms with E-state index in [4.69, 9.17) is 4.74 Å². The van der Waals surface area contributed by atoms with E-state index in [-0.39, 0.29) is 23.8 Å². The topological polar surface area (TPSA) is 53.6 Å². The summed E-state index contributed by atoms with van der Waals surface area (Å²) >= 11 is 0. The van der Waals surface area contributed by atoms with Crippen molar-refractivity contribution in [3.8, 4) is 16.9 Å². The highest BCUT2D eigenvalue weighted by molar-refractivity contribution is 5.89. The van der Waals surface area contributed by atoms with E-state index in [0.29, 0.717) is 19.0 Å². The molecule has 1 unspecified atom stereocenters. The van der Waals surface area contributed by atoms with Crippen LogP contribution in [0.15, 0.2) is 72.8 Å². The molecule has 0 aliphatic carbocycles. The third kappa shape index (κ3) is 3.75. The van der Waals surface area contributed by atoms with Crippen LogP contribution in [0.1, 0.15) is 11.5 Å². The summed E-state index contributed by atoms with van der Waals surface area (Å²) in [6.07, 6.45) is 0. The summed E-state index contributed by atoms with van der Waals surface area (Å²) in [7, 11) is 1.66. The summed E-state index contributed by atoms with van der Waals surface area (Å²) in [6, 6.07) is 23.1. The average Bonchev–Trinajstić information content (AvgIpc) is 2.81. The van der Waals surface area contributed by atoms with Gasteiger partial charge in [-0.05, 0) is 41.0 Å². The lowest BCUT2D eigenvalue weighted by Crippen LogP contribution is -2.72. The summed E-state index contributed by atoms with van der Waals surface area (Å²) in [4.78, 5) is 14.4. The van der Waals surface area contributed by atoms with E-state index < -0.39 is 5.82 Å². The molecule has 0 spiro atoms. The van der Waals surface area contributed by atoms with Crippen molar-refractivity contribution in [1.29, 1.82) is 0 Å². The number of halogens is 1. The van der Waals surface area contributed by atoms with Gasteiger partial charge >= 0.3 is 6.03 Å². The lowest BCUT2D eigenvalue weighted by atomic mass is 9.74. The number of carbonyl (C=O) groups excluding carboxylic acids is 1. The number of piperidine rings is 1. The molecule has 2 bridgehead atoms. The molecule has 0 radical (unpaired) electrons. The van der Waals surface area contributed by atoms with Crippen LogP contribution in [0.3, 0.4) is 0 Å². The van der Waals surface area contributed by atoms with E-state index in [1.165, 1.54) is 11.6 Å². The minimum absolute atomic E-state index is 0.206. The fourth-order valence-electron chi connectivity index (χ4n) is 4.59. The molecule has 0 aromatic heterocycles. The number of piperazine rings is 1. The quantitative estimate of drug-likeness (QED) is 0.659. The van der Waals surface area contributed by atoms with E-state index in [0.717, 1.165) is 16.9 Å². The van der Waals surface area contributed by atoms with E-state index in [1.54, 1.807) is 30.2 Å². The molecule has 3 aromatic rings. The van der Waals surface area contributed by atoms with Gasteiger partial charge in [-0.15, -0.1) is 0 Å². The number of benzene rings is 3. The van der Waals surface area contributed by atoms with Gasteiger partial charge in [-0.25, -0.2) is 9.18 Å². The minimum atomic E-state index is -0.425. The van der Waals surface area contributed by atoms with Crippen molar-refractivity contribution in [2.75, 3.05) is 25.5 Å². The van der Waals surface area contributed by atoms with Gasteiger partial charge in [0, 0.05) is 31.1 Å². The van der Waals surface area contributed by atoms with E-state index in [9.17, 15) is 9.18 Å². The summed E-state index contributed by atoms with van der Waals surface area (Å²) in [5.74, 6) is 0.797. The summed E-state index contributed by atoms with van der Waals surface area (Å²) in [5, 5.41) is 6.22. The highest BCUT2D eigenvalue weighted by atomic mass is 19.1. The number of fused-ring (bicyclic) bond motifs is 2. The van der Waals surface area contributed by atoms with Crippen molar-refractivity contribution < 1.29 is 13.9 Å². The van der Waals surface area contributed by atoms with Gasteiger partial charge in [-0.3, -0.25) is 0 Å². The van der Waals surface area contributed by atoms with Crippen LogP contribution in [0.2, 0.25) is 0 Å². The number of ether oxygens (including phenoxy) is 1. The van der Waals surface area contributed by atoms with Gasteiger partial charge in [0.2, 0.25) is 0 Å². The molecule has 158 valence electrons. The predicted octanol–water partition coefficient (Wildman–Crippen LogP) is 4.47. The number of rotatable bonds is 4. The number of nitrogens with one attached hydrogen (secondary N) is 2. The van der Waals surface area contributed by atoms with E-state index in [1.807, 2.05) is 12.1 Å². The minimum Gasteiger partial charge on any atom is -0.497 e. The zero-order chi connectivity index (χ0) is 21.4. The molecule has 5 nitrogen and oxygen atoms in total. The van der Waals surface area contributed by atoms with Crippen molar-refractivity contribution in [1.82, 2.24) is 10.2 Å². The van der Waals surface area contributed by atoms with Crippen LogP contribution in [-0.2, 0) is 0 Å². The fraction of sp³-hybridized carbons (Fsp3) is 0.240. The first-order chi connectivity index (χ1) is 15.1. The normalized spacial score (nSPS) is 21.9. The summed E-state index contributed by atoms with van der Waals surface area (Å²) in [6.45, 7) is 1.20. The Morgan fingerprint density at radius 1 is 0.968 bits per heavy atom. The van der Waals surface area contributed by atoms with E-state index in [2.05, 4.69) is 47.0 Å². The Labute approximate surface area is 180 Å². The van der Waals surface area contributed by atoms with Crippen molar-refractivity contribution in [2.24, 2.45) is 0 Å².